The Hall–Kier alpha value is 0.790. The zero-order chi connectivity index (χ0) is 8.36. The molecule has 0 aromatic heterocycles. The van der Waals surface area contributed by atoms with Gasteiger partial charge in [-0.15, -0.1) is 0 Å². The number of hydrogen-bond donors (Lipinski definition) is 0. The van der Waals surface area contributed by atoms with Crippen molar-refractivity contribution >= 4 is 22.3 Å². The molecule has 0 radical (unpaired) electrons. The van der Waals surface area contributed by atoms with E-state index in [0.717, 1.165) is 0 Å². The Morgan fingerprint density at radius 3 is 1.64 bits per heavy atom. The predicted molar refractivity (Wildman–Crippen MR) is 54.6 cm³/mol. The molecule has 0 rings (SSSR count). The topological polar surface area (TPSA) is 0 Å². The predicted octanol–water partition coefficient (Wildman–Crippen LogP) is 3.45. The van der Waals surface area contributed by atoms with Gasteiger partial charge in [-0.25, -0.2) is 0 Å². The molecule has 0 saturated carbocycles. The van der Waals surface area contributed by atoms with Crippen LogP contribution in [0, 0.1) is 0 Å². The third kappa shape index (κ3) is 10.8. The van der Waals surface area contributed by atoms with Crippen LogP contribution in [0.4, 0.5) is 0 Å². The van der Waals surface area contributed by atoms with Crippen LogP contribution >= 0.6 is 0 Å². The summed E-state index contributed by atoms with van der Waals surface area (Å²) >= 11 is 1.96. The van der Waals surface area contributed by atoms with E-state index in [0.29, 0.717) is 0 Å². The van der Waals surface area contributed by atoms with Gasteiger partial charge in [-0.3, -0.25) is 0 Å². The molecule has 0 saturated heterocycles. The summed E-state index contributed by atoms with van der Waals surface area (Å²) in [5.74, 6) is 0. The quantitative estimate of drug-likeness (QED) is 0.468. The van der Waals surface area contributed by atoms with Gasteiger partial charge in [-0.05, 0) is 0 Å². The molecule has 0 N–H and O–H groups in total. The summed E-state index contributed by atoms with van der Waals surface area (Å²) in [4.78, 5) is 0. The van der Waals surface area contributed by atoms with Crippen molar-refractivity contribution in [2.45, 2.75) is 62.8 Å². The van der Waals surface area contributed by atoms with Crippen molar-refractivity contribution in [2.75, 3.05) is 0 Å². The van der Waals surface area contributed by atoms with Gasteiger partial charge in [0.05, 0.1) is 0 Å². The Morgan fingerprint density at radius 2 is 1.18 bits per heavy atom. The minimum atomic E-state index is 1.37. The van der Waals surface area contributed by atoms with Gasteiger partial charge in [0.25, 0.3) is 0 Å². The molecule has 0 aromatic carbocycles. The summed E-state index contributed by atoms with van der Waals surface area (Å²) in [6.45, 7) is 2.28. The van der Waals surface area contributed by atoms with Crippen LogP contribution in [-0.4, -0.2) is 22.3 Å². The van der Waals surface area contributed by atoms with Gasteiger partial charge in [0.1, 0.15) is 0 Å². The first-order chi connectivity index (χ1) is 5.41. The van der Waals surface area contributed by atoms with Crippen molar-refractivity contribution in [1.29, 1.82) is 0 Å². The summed E-state index contributed by atoms with van der Waals surface area (Å²) in [6.07, 6.45) is 11.6. The van der Waals surface area contributed by atoms with Crippen LogP contribution in [-0.2, 0) is 0 Å². The first-order valence-electron chi connectivity index (χ1n) is 5.02. The fourth-order valence-electron chi connectivity index (χ4n) is 1.25. The van der Waals surface area contributed by atoms with Gasteiger partial charge in [-0.2, -0.15) is 0 Å². The number of hydrogen-bond acceptors (Lipinski definition) is 0. The van der Waals surface area contributed by atoms with Crippen molar-refractivity contribution < 1.29 is 0 Å². The molecule has 0 fully saturated rings. The van der Waals surface area contributed by atoms with E-state index in [2.05, 4.69) is 6.92 Å². The van der Waals surface area contributed by atoms with E-state index >= 15 is 0 Å². The summed E-state index contributed by atoms with van der Waals surface area (Å²) in [5, 5.41) is 0. The molecule has 0 atom stereocenters. The van der Waals surface area contributed by atoms with Crippen LogP contribution < -0.4 is 0 Å². The summed E-state index contributed by atoms with van der Waals surface area (Å²) in [7, 11) is 0. The zero-order valence-electron chi connectivity index (χ0n) is 7.81. The van der Waals surface area contributed by atoms with E-state index in [1.807, 2.05) is 22.3 Å². The van der Waals surface area contributed by atoms with Crippen LogP contribution in [0.1, 0.15) is 58.3 Å². The Balaban J connectivity index is 2.69. The Morgan fingerprint density at radius 1 is 0.727 bits per heavy atom. The second-order valence-electron chi connectivity index (χ2n) is 3.20. The van der Waals surface area contributed by atoms with Gasteiger partial charge in [0, 0.05) is 0 Å². The Labute approximate surface area is 85.0 Å². The molecule has 68 valence electrons. The fraction of sp³-hybridized carbons (Fsp3) is 1.00. The molecule has 0 unspecified atom stereocenters. The van der Waals surface area contributed by atoms with Crippen LogP contribution in [0.25, 0.3) is 0 Å². The molecule has 0 spiro atoms. The van der Waals surface area contributed by atoms with Crippen LogP contribution in [0.15, 0.2) is 0 Å². The maximum atomic E-state index is 2.28. The van der Waals surface area contributed by atoms with Crippen molar-refractivity contribution in [3.8, 4) is 0 Å². The first-order valence-corrected chi connectivity index (χ1v) is 6.83. The third-order valence-electron chi connectivity index (χ3n) is 2.01. The summed E-state index contributed by atoms with van der Waals surface area (Å²) in [5.41, 5.74) is 0. The average molecular weight is 270 g/mol. The molecule has 0 aliphatic heterocycles. The second-order valence-corrected chi connectivity index (χ2v) is 4.47. The first kappa shape index (κ1) is 11.8. The minimum absolute atomic E-state index is 1.37. The summed E-state index contributed by atoms with van der Waals surface area (Å²) in [6, 6.07) is 0. The number of rotatable bonds is 8. The normalized spacial score (nSPS) is 10.4. The molecule has 0 aliphatic carbocycles. The molecule has 0 nitrogen and oxygen atoms in total. The average Bonchev–Trinajstić information content (AvgIpc) is 2.03. The van der Waals surface area contributed by atoms with Crippen molar-refractivity contribution in [3.05, 3.63) is 0 Å². The molecule has 11 heavy (non-hydrogen) atoms. The zero-order valence-corrected chi connectivity index (χ0v) is 10.4. The molecule has 0 amide bonds. The molecule has 0 heterocycles. The third-order valence-corrected chi connectivity index (χ3v) is 2.91. The summed E-state index contributed by atoms with van der Waals surface area (Å²) < 4.78 is 1.42. The molecule has 0 aromatic rings. The monoisotopic (exact) mass is 272 g/mol. The van der Waals surface area contributed by atoms with E-state index in [4.69, 9.17) is 0 Å². The van der Waals surface area contributed by atoms with E-state index in [-0.39, 0.29) is 0 Å². The van der Waals surface area contributed by atoms with Gasteiger partial charge in [0.15, 0.2) is 0 Å². The van der Waals surface area contributed by atoms with Crippen LogP contribution in [0.5, 0.6) is 0 Å². The van der Waals surface area contributed by atoms with Gasteiger partial charge in [0.2, 0.25) is 0 Å². The number of unbranched alkanes of at least 4 members (excludes halogenated alkanes) is 7. The van der Waals surface area contributed by atoms with Crippen molar-refractivity contribution in [2.24, 2.45) is 0 Å². The standard InChI is InChI=1S/C10H22Te/c1-2-3-4-5-6-7-8-9-10-11/h11H,2-10H2,1H3. The molecule has 0 bridgehead atoms. The van der Waals surface area contributed by atoms with Gasteiger partial charge in [-0.1, -0.05) is 0 Å². The van der Waals surface area contributed by atoms with E-state index in [1.54, 1.807) is 0 Å². The van der Waals surface area contributed by atoms with E-state index < -0.39 is 0 Å². The van der Waals surface area contributed by atoms with E-state index in [9.17, 15) is 0 Å². The van der Waals surface area contributed by atoms with Crippen molar-refractivity contribution in [3.63, 3.8) is 0 Å². The molecule has 0 aliphatic rings. The van der Waals surface area contributed by atoms with E-state index in [1.165, 1.54) is 55.8 Å². The SMILES string of the molecule is CCCCCCCCCC[TeH]. The van der Waals surface area contributed by atoms with Gasteiger partial charge >= 0.3 is 85.1 Å². The second kappa shape index (κ2) is 10.8. The molecule has 1 heteroatoms. The van der Waals surface area contributed by atoms with Crippen LogP contribution in [0.2, 0.25) is 4.47 Å². The maximum absolute atomic E-state index is 2.28. The Bertz CT molecular complexity index is 53.9. The molecular weight excluding hydrogens is 248 g/mol. The Kier molecular flexibility index (Phi) is 11.6. The van der Waals surface area contributed by atoms with Gasteiger partial charge < -0.3 is 0 Å². The fourth-order valence-corrected chi connectivity index (χ4v) is 1.88. The van der Waals surface area contributed by atoms with Crippen molar-refractivity contribution in [1.82, 2.24) is 0 Å². The molecular formula is C10H22Te. The van der Waals surface area contributed by atoms with Crippen LogP contribution in [0.3, 0.4) is 0 Å².